The van der Waals surface area contributed by atoms with Crippen LogP contribution in [0.15, 0.2) is 60.8 Å². The van der Waals surface area contributed by atoms with Gasteiger partial charge in [-0.25, -0.2) is 13.8 Å². The van der Waals surface area contributed by atoms with Crippen LogP contribution < -0.4 is 10.6 Å². The van der Waals surface area contributed by atoms with Crippen LogP contribution in [0.25, 0.3) is 32.2 Å². The molecule has 2 amide bonds. The van der Waals surface area contributed by atoms with Crippen LogP contribution in [0.1, 0.15) is 28.8 Å². The Morgan fingerprint density at radius 2 is 1.75 bits per heavy atom. The van der Waals surface area contributed by atoms with Gasteiger partial charge in [0.15, 0.2) is 5.13 Å². The van der Waals surface area contributed by atoms with Gasteiger partial charge in [0, 0.05) is 35.6 Å². The Labute approximate surface area is 208 Å². The standard InChI is InChI=1S/C27H20F2N4O2S/c28-18-7-14(8-19(29)11-18)12-31-26(35)21-13-30-22-5-3-16(9-20(21)22)17-4-6-23-24(10-17)36-27(32-23)33-25(34)15-1-2-15/h3-11,13,15,30H,1-2,12H2,(H,31,35)(H,32,33,34). The van der Waals surface area contributed by atoms with Gasteiger partial charge in [0.1, 0.15) is 11.6 Å². The topological polar surface area (TPSA) is 86.9 Å². The molecule has 1 fully saturated rings. The highest BCUT2D eigenvalue weighted by atomic mass is 32.1. The maximum atomic E-state index is 13.4. The highest BCUT2D eigenvalue weighted by molar-refractivity contribution is 7.22. The molecule has 0 unspecified atom stereocenters. The molecule has 0 spiro atoms. The number of aromatic amines is 1. The second-order valence-corrected chi connectivity index (χ2v) is 9.92. The van der Waals surface area contributed by atoms with Crippen molar-refractivity contribution in [2.45, 2.75) is 19.4 Å². The van der Waals surface area contributed by atoms with Crippen LogP contribution in [0.5, 0.6) is 0 Å². The van der Waals surface area contributed by atoms with Crippen LogP contribution in [0.2, 0.25) is 0 Å². The lowest BCUT2D eigenvalue weighted by Crippen LogP contribution is -2.22. The molecule has 3 N–H and O–H groups in total. The van der Waals surface area contributed by atoms with Crippen LogP contribution in [-0.4, -0.2) is 21.8 Å². The van der Waals surface area contributed by atoms with Gasteiger partial charge in [0.05, 0.1) is 15.8 Å². The molecular weight excluding hydrogens is 482 g/mol. The molecule has 0 radical (unpaired) electrons. The van der Waals surface area contributed by atoms with E-state index in [4.69, 9.17) is 0 Å². The van der Waals surface area contributed by atoms with E-state index < -0.39 is 11.6 Å². The molecule has 180 valence electrons. The fourth-order valence-corrected chi connectivity index (χ4v) is 5.10. The lowest BCUT2D eigenvalue weighted by atomic mass is 10.0. The molecule has 0 saturated heterocycles. The maximum Gasteiger partial charge on any atom is 0.253 e. The predicted molar refractivity (Wildman–Crippen MR) is 136 cm³/mol. The number of anilines is 1. The Balaban J connectivity index is 1.25. The first-order chi connectivity index (χ1) is 17.4. The van der Waals surface area contributed by atoms with Gasteiger partial charge in [-0.2, -0.15) is 0 Å². The van der Waals surface area contributed by atoms with Gasteiger partial charge in [-0.15, -0.1) is 0 Å². The zero-order valence-corrected chi connectivity index (χ0v) is 19.7. The Bertz CT molecular complexity index is 1630. The number of halogens is 2. The second kappa shape index (κ2) is 8.83. The molecular formula is C27H20F2N4O2S. The van der Waals surface area contributed by atoms with Crippen molar-refractivity contribution in [3.05, 3.63) is 83.6 Å². The van der Waals surface area contributed by atoms with E-state index in [1.54, 1.807) is 6.20 Å². The highest BCUT2D eigenvalue weighted by Crippen LogP contribution is 2.34. The fraction of sp³-hybridized carbons (Fsp3) is 0.148. The van der Waals surface area contributed by atoms with Gasteiger partial charge in [0.2, 0.25) is 5.91 Å². The lowest BCUT2D eigenvalue weighted by molar-refractivity contribution is -0.117. The Morgan fingerprint density at radius 3 is 2.53 bits per heavy atom. The second-order valence-electron chi connectivity index (χ2n) is 8.89. The number of fused-ring (bicyclic) bond motifs is 2. The minimum absolute atomic E-state index is 0.00153. The normalized spacial score (nSPS) is 13.3. The molecule has 3 aromatic carbocycles. The summed E-state index contributed by atoms with van der Waals surface area (Å²) >= 11 is 1.43. The monoisotopic (exact) mass is 502 g/mol. The van der Waals surface area contributed by atoms with E-state index in [9.17, 15) is 18.4 Å². The first kappa shape index (κ1) is 22.4. The van der Waals surface area contributed by atoms with E-state index >= 15 is 0 Å². The van der Waals surface area contributed by atoms with Crippen LogP contribution in [0.4, 0.5) is 13.9 Å². The lowest BCUT2D eigenvalue weighted by Gasteiger charge is -2.06. The first-order valence-corrected chi connectivity index (χ1v) is 12.3. The average molecular weight is 503 g/mol. The van der Waals surface area contributed by atoms with E-state index in [0.29, 0.717) is 16.3 Å². The van der Waals surface area contributed by atoms with Crippen molar-refractivity contribution in [1.29, 1.82) is 0 Å². The molecule has 2 aromatic heterocycles. The van der Waals surface area contributed by atoms with E-state index in [-0.39, 0.29) is 24.3 Å². The Morgan fingerprint density at radius 1 is 1.00 bits per heavy atom. The molecule has 0 atom stereocenters. The van der Waals surface area contributed by atoms with E-state index in [1.165, 1.54) is 23.5 Å². The quantitative estimate of drug-likeness (QED) is 0.266. The predicted octanol–water partition coefficient (Wildman–Crippen LogP) is 6.00. The van der Waals surface area contributed by atoms with Crippen molar-refractivity contribution in [1.82, 2.24) is 15.3 Å². The third-order valence-electron chi connectivity index (χ3n) is 6.20. The van der Waals surface area contributed by atoms with E-state index in [1.807, 2.05) is 36.4 Å². The first-order valence-electron chi connectivity index (χ1n) is 11.5. The molecule has 5 aromatic rings. The number of thiazole rings is 1. The number of rotatable bonds is 6. The number of hydrogen-bond donors (Lipinski definition) is 3. The molecule has 1 aliphatic carbocycles. The number of hydrogen-bond acceptors (Lipinski definition) is 4. The van der Waals surface area contributed by atoms with Crippen LogP contribution in [0, 0.1) is 17.6 Å². The summed E-state index contributed by atoms with van der Waals surface area (Å²) in [4.78, 5) is 32.6. The van der Waals surface area contributed by atoms with Gasteiger partial charge < -0.3 is 15.6 Å². The van der Waals surface area contributed by atoms with Crippen LogP contribution >= 0.6 is 11.3 Å². The Hall–Kier alpha value is -4.11. The summed E-state index contributed by atoms with van der Waals surface area (Å²) in [6.45, 7) is 0.00153. The summed E-state index contributed by atoms with van der Waals surface area (Å²) in [5, 5.41) is 6.96. The Kier molecular flexibility index (Phi) is 5.49. The summed E-state index contributed by atoms with van der Waals surface area (Å²) in [7, 11) is 0. The van der Waals surface area contributed by atoms with Gasteiger partial charge in [0.25, 0.3) is 5.91 Å². The molecule has 1 aliphatic rings. The number of carbonyl (C=O) groups is 2. The van der Waals surface area contributed by atoms with Crippen LogP contribution in [0.3, 0.4) is 0 Å². The maximum absolute atomic E-state index is 13.4. The average Bonchev–Trinajstić information content (AvgIpc) is 3.50. The number of nitrogens with one attached hydrogen (secondary N) is 3. The van der Waals surface area contributed by atoms with E-state index in [2.05, 4.69) is 20.6 Å². The third kappa shape index (κ3) is 4.45. The number of benzene rings is 3. The van der Waals surface area contributed by atoms with Crippen molar-refractivity contribution < 1.29 is 18.4 Å². The number of nitrogens with zero attached hydrogens (tertiary/aromatic N) is 1. The van der Waals surface area contributed by atoms with Gasteiger partial charge >= 0.3 is 0 Å². The van der Waals surface area contributed by atoms with Crippen molar-refractivity contribution in [3.63, 3.8) is 0 Å². The highest BCUT2D eigenvalue weighted by Gasteiger charge is 2.30. The molecule has 0 aliphatic heterocycles. The molecule has 6 nitrogen and oxygen atoms in total. The van der Waals surface area contributed by atoms with E-state index in [0.717, 1.165) is 51.2 Å². The minimum atomic E-state index is -0.689. The summed E-state index contributed by atoms with van der Waals surface area (Å²) in [6.07, 6.45) is 3.49. The molecule has 6 rings (SSSR count). The minimum Gasteiger partial charge on any atom is -0.360 e. The summed E-state index contributed by atoms with van der Waals surface area (Å²) in [5.41, 5.74) is 4.26. The zero-order chi connectivity index (χ0) is 24.8. The smallest absolute Gasteiger partial charge is 0.253 e. The van der Waals surface area contributed by atoms with Crippen molar-refractivity contribution in [2.24, 2.45) is 5.92 Å². The van der Waals surface area contributed by atoms with Gasteiger partial charge in [-0.05, 0) is 65.9 Å². The van der Waals surface area contributed by atoms with Crippen molar-refractivity contribution in [3.8, 4) is 11.1 Å². The zero-order valence-electron chi connectivity index (χ0n) is 18.9. The molecule has 1 saturated carbocycles. The van der Waals surface area contributed by atoms with Crippen molar-refractivity contribution >= 4 is 49.4 Å². The third-order valence-corrected chi connectivity index (χ3v) is 7.14. The van der Waals surface area contributed by atoms with Crippen LogP contribution in [-0.2, 0) is 11.3 Å². The molecule has 2 heterocycles. The fourth-order valence-electron chi connectivity index (χ4n) is 4.19. The molecule has 0 bridgehead atoms. The summed E-state index contributed by atoms with van der Waals surface area (Å²) in [6, 6.07) is 14.9. The number of amides is 2. The summed E-state index contributed by atoms with van der Waals surface area (Å²) < 4.78 is 27.9. The van der Waals surface area contributed by atoms with Gasteiger partial charge in [-0.1, -0.05) is 23.5 Å². The number of H-pyrrole nitrogens is 1. The molecule has 36 heavy (non-hydrogen) atoms. The largest absolute Gasteiger partial charge is 0.360 e. The summed E-state index contributed by atoms with van der Waals surface area (Å²) in [5.74, 6) is -1.59. The van der Waals surface area contributed by atoms with Gasteiger partial charge in [-0.3, -0.25) is 9.59 Å². The number of carbonyl (C=O) groups excluding carboxylic acids is 2. The number of aromatic nitrogens is 2. The van der Waals surface area contributed by atoms with Crippen molar-refractivity contribution in [2.75, 3.05) is 5.32 Å². The SMILES string of the molecule is O=C(NCc1cc(F)cc(F)c1)c1c[nH]c2ccc(-c3ccc4nc(NC(=O)C5CC5)sc4c3)cc12. The molecule has 9 heteroatoms.